The highest BCUT2D eigenvalue weighted by atomic mass is 35.5. The van der Waals surface area contributed by atoms with E-state index in [0.29, 0.717) is 11.3 Å². The van der Waals surface area contributed by atoms with Gasteiger partial charge in [-0.1, -0.05) is 13.8 Å². The van der Waals surface area contributed by atoms with Gasteiger partial charge in [-0.25, -0.2) is 9.97 Å². The first-order chi connectivity index (χ1) is 8.95. The lowest BCUT2D eigenvalue weighted by atomic mass is 10.0. The third-order valence-electron chi connectivity index (χ3n) is 3.05. The van der Waals surface area contributed by atoms with Crippen molar-refractivity contribution in [1.29, 1.82) is 0 Å². The number of aromatic nitrogens is 2. The summed E-state index contributed by atoms with van der Waals surface area (Å²) < 4.78 is 0. The molecule has 2 heterocycles. The predicted molar refractivity (Wildman–Crippen MR) is 84.3 cm³/mol. The van der Waals surface area contributed by atoms with Crippen LogP contribution in [0, 0.1) is 12.8 Å². The van der Waals surface area contributed by atoms with Gasteiger partial charge in [0.1, 0.15) is 10.6 Å². The standard InChI is InChI=1S/C14H20ClN3S/c1-8(2)5-6-9(3)16-12-11-7-10(4)19-13(11)18-14(15)17-12/h7-9H,5-6H2,1-4H3,(H,16,17,18). The molecule has 0 spiro atoms. The molecule has 0 saturated heterocycles. The van der Waals surface area contributed by atoms with Gasteiger partial charge in [0, 0.05) is 10.9 Å². The Bertz CT molecular complexity index is 565. The summed E-state index contributed by atoms with van der Waals surface area (Å²) >= 11 is 7.64. The van der Waals surface area contributed by atoms with Gasteiger partial charge in [0.05, 0.1) is 5.39 Å². The number of hydrogen-bond donors (Lipinski definition) is 1. The molecule has 0 aromatic carbocycles. The maximum Gasteiger partial charge on any atom is 0.225 e. The Balaban J connectivity index is 2.19. The predicted octanol–water partition coefficient (Wildman–Crippen LogP) is 4.89. The van der Waals surface area contributed by atoms with E-state index in [9.17, 15) is 0 Å². The average molecular weight is 298 g/mol. The SMILES string of the molecule is Cc1cc2c(NC(C)CCC(C)C)nc(Cl)nc2s1. The van der Waals surface area contributed by atoms with E-state index in [-0.39, 0.29) is 0 Å². The van der Waals surface area contributed by atoms with Crippen molar-refractivity contribution >= 4 is 39.0 Å². The minimum atomic E-state index is 0.313. The molecule has 19 heavy (non-hydrogen) atoms. The van der Waals surface area contributed by atoms with E-state index in [2.05, 4.69) is 49.0 Å². The summed E-state index contributed by atoms with van der Waals surface area (Å²) in [6.07, 6.45) is 2.34. The lowest BCUT2D eigenvalue weighted by Gasteiger charge is -2.16. The van der Waals surface area contributed by atoms with Crippen LogP contribution in [0.15, 0.2) is 6.07 Å². The first kappa shape index (κ1) is 14.5. The molecule has 2 aromatic heterocycles. The fraction of sp³-hybridized carbons (Fsp3) is 0.571. The maximum atomic E-state index is 5.99. The zero-order valence-electron chi connectivity index (χ0n) is 11.8. The van der Waals surface area contributed by atoms with E-state index < -0.39 is 0 Å². The Hall–Kier alpha value is -0.870. The molecule has 5 heteroatoms. The van der Waals surface area contributed by atoms with Crippen molar-refractivity contribution in [3.05, 3.63) is 16.2 Å². The Morgan fingerprint density at radius 3 is 2.68 bits per heavy atom. The number of aryl methyl sites for hydroxylation is 1. The molecule has 0 fully saturated rings. The number of thiophene rings is 1. The smallest absolute Gasteiger partial charge is 0.225 e. The molecule has 1 atom stereocenters. The number of fused-ring (bicyclic) bond motifs is 1. The molecule has 0 amide bonds. The largest absolute Gasteiger partial charge is 0.367 e. The van der Waals surface area contributed by atoms with Gasteiger partial charge in [-0.05, 0) is 50.3 Å². The summed E-state index contributed by atoms with van der Waals surface area (Å²) in [5.41, 5.74) is 0. The molecule has 1 unspecified atom stereocenters. The topological polar surface area (TPSA) is 37.8 Å². The van der Waals surface area contributed by atoms with Gasteiger partial charge in [0.15, 0.2) is 0 Å². The Morgan fingerprint density at radius 1 is 1.26 bits per heavy atom. The monoisotopic (exact) mass is 297 g/mol. The number of nitrogens with zero attached hydrogens (tertiary/aromatic N) is 2. The summed E-state index contributed by atoms with van der Waals surface area (Å²) in [6, 6.07) is 2.50. The van der Waals surface area contributed by atoms with Crippen LogP contribution in [0.1, 0.15) is 38.5 Å². The summed E-state index contributed by atoms with van der Waals surface area (Å²) in [4.78, 5) is 10.8. The van der Waals surface area contributed by atoms with Crippen LogP contribution in [0.4, 0.5) is 5.82 Å². The summed E-state index contributed by atoms with van der Waals surface area (Å²) in [6.45, 7) is 8.75. The van der Waals surface area contributed by atoms with Crippen LogP contribution >= 0.6 is 22.9 Å². The molecular formula is C14H20ClN3S. The molecular weight excluding hydrogens is 278 g/mol. The first-order valence-corrected chi connectivity index (χ1v) is 7.85. The second kappa shape index (κ2) is 6.06. The Kier molecular flexibility index (Phi) is 4.63. The number of nitrogens with one attached hydrogen (secondary N) is 1. The van der Waals surface area contributed by atoms with Gasteiger partial charge >= 0.3 is 0 Å². The van der Waals surface area contributed by atoms with E-state index in [4.69, 9.17) is 11.6 Å². The van der Waals surface area contributed by atoms with Crippen molar-refractivity contribution in [2.45, 2.75) is 46.6 Å². The van der Waals surface area contributed by atoms with Crippen molar-refractivity contribution in [1.82, 2.24) is 9.97 Å². The number of anilines is 1. The Labute approximate surface area is 123 Å². The van der Waals surface area contributed by atoms with Crippen LogP contribution < -0.4 is 5.32 Å². The van der Waals surface area contributed by atoms with E-state index in [0.717, 1.165) is 28.4 Å². The lowest BCUT2D eigenvalue weighted by molar-refractivity contribution is 0.527. The van der Waals surface area contributed by atoms with Crippen molar-refractivity contribution in [2.75, 3.05) is 5.32 Å². The van der Waals surface area contributed by atoms with Crippen LogP contribution in [0.25, 0.3) is 10.2 Å². The fourth-order valence-corrected chi connectivity index (χ4v) is 3.11. The van der Waals surface area contributed by atoms with Crippen molar-refractivity contribution in [2.24, 2.45) is 5.92 Å². The molecule has 0 aliphatic heterocycles. The molecule has 3 nitrogen and oxygen atoms in total. The minimum absolute atomic E-state index is 0.313. The summed E-state index contributed by atoms with van der Waals surface area (Å²) in [5.74, 6) is 1.58. The van der Waals surface area contributed by atoms with Gasteiger partial charge in [0.25, 0.3) is 0 Å². The normalized spacial score (nSPS) is 13.2. The van der Waals surface area contributed by atoms with E-state index in [1.165, 1.54) is 11.3 Å². The highest BCUT2D eigenvalue weighted by molar-refractivity contribution is 7.18. The van der Waals surface area contributed by atoms with E-state index in [1.54, 1.807) is 11.3 Å². The molecule has 2 rings (SSSR count). The minimum Gasteiger partial charge on any atom is -0.367 e. The molecule has 1 N–H and O–H groups in total. The van der Waals surface area contributed by atoms with Crippen molar-refractivity contribution < 1.29 is 0 Å². The third-order valence-corrected chi connectivity index (χ3v) is 4.16. The molecule has 0 aliphatic rings. The third kappa shape index (κ3) is 3.80. The average Bonchev–Trinajstić information content (AvgIpc) is 2.67. The highest BCUT2D eigenvalue weighted by Gasteiger charge is 2.12. The summed E-state index contributed by atoms with van der Waals surface area (Å²) in [5, 5.41) is 4.85. The zero-order valence-corrected chi connectivity index (χ0v) is 13.4. The Morgan fingerprint density at radius 2 is 2.00 bits per heavy atom. The van der Waals surface area contributed by atoms with Crippen LogP contribution in [0.5, 0.6) is 0 Å². The second-order valence-corrected chi connectivity index (χ2v) is 7.01. The number of rotatable bonds is 5. The lowest BCUT2D eigenvalue weighted by Crippen LogP contribution is -2.17. The van der Waals surface area contributed by atoms with Crippen LogP contribution in [-0.4, -0.2) is 16.0 Å². The quantitative estimate of drug-likeness (QED) is 0.799. The number of halogens is 1. The zero-order chi connectivity index (χ0) is 14.0. The molecule has 2 aromatic rings. The van der Waals surface area contributed by atoms with Crippen molar-refractivity contribution in [3.63, 3.8) is 0 Å². The van der Waals surface area contributed by atoms with Crippen LogP contribution in [-0.2, 0) is 0 Å². The highest BCUT2D eigenvalue weighted by Crippen LogP contribution is 2.30. The number of hydrogen-bond acceptors (Lipinski definition) is 4. The maximum absolute atomic E-state index is 5.99. The molecule has 0 bridgehead atoms. The van der Waals surface area contributed by atoms with Crippen LogP contribution in [0.3, 0.4) is 0 Å². The second-order valence-electron chi connectivity index (χ2n) is 5.43. The molecule has 0 radical (unpaired) electrons. The van der Waals surface area contributed by atoms with Gasteiger partial charge in [-0.15, -0.1) is 11.3 Å². The van der Waals surface area contributed by atoms with E-state index >= 15 is 0 Å². The van der Waals surface area contributed by atoms with E-state index in [1.807, 2.05) is 0 Å². The van der Waals surface area contributed by atoms with Crippen LogP contribution in [0.2, 0.25) is 5.28 Å². The van der Waals surface area contributed by atoms with Gasteiger partial charge in [-0.3, -0.25) is 0 Å². The summed E-state index contributed by atoms with van der Waals surface area (Å²) in [7, 11) is 0. The fourth-order valence-electron chi connectivity index (χ4n) is 2.01. The molecule has 0 aliphatic carbocycles. The molecule has 104 valence electrons. The first-order valence-electron chi connectivity index (χ1n) is 6.66. The van der Waals surface area contributed by atoms with Gasteiger partial charge < -0.3 is 5.32 Å². The van der Waals surface area contributed by atoms with Gasteiger partial charge in [0.2, 0.25) is 5.28 Å². The van der Waals surface area contributed by atoms with Crippen molar-refractivity contribution in [3.8, 4) is 0 Å². The molecule has 0 saturated carbocycles. The van der Waals surface area contributed by atoms with Gasteiger partial charge in [-0.2, -0.15) is 0 Å².